The van der Waals surface area contributed by atoms with E-state index in [0.29, 0.717) is 38.2 Å². The van der Waals surface area contributed by atoms with Crippen molar-refractivity contribution in [3.05, 3.63) is 91.9 Å². The summed E-state index contributed by atoms with van der Waals surface area (Å²) in [4.78, 5) is 23.8. The van der Waals surface area contributed by atoms with Gasteiger partial charge in [-0.1, -0.05) is 31.3 Å². The Balaban J connectivity index is 0.000000316. The second-order valence-electron chi connectivity index (χ2n) is 8.30. The van der Waals surface area contributed by atoms with E-state index in [4.69, 9.17) is 5.26 Å². The number of carbonyl (C=O) groups excluding carboxylic acids is 1. The summed E-state index contributed by atoms with van der Waals surface area (Å²) in [5.41, 5.74) is 2.86. The van der Waals surface area contributed by atoms with Gasteiger partial charge in [-0.25, -0.2) is 16.3 Å². The first-order chi connectivity index (χ1) is 16.9. The van der Waals surface area contributed by atoms with Crippen LogP contribution in [-0.4, -0.2) is 46.5 Å². The quantitative estimate of drug-likeness (QED) is 0.270. The molecule has 0 spiro atoms. The number of hydrogen-bond donors (Lipinski definition) is 0. The summed E-state index contributed by atoms with van der Waals surface area (Å²) < 4.78 is 13.2. The summed E-state index contributed by atoms with van der Waals surface area (Å²) in [6.07, 6.45) is 2.94. The van der Waals surface area contributed by atoms with Gasteiger partial charge in [-0.2, -0.15) is 11.7 Å². The molecule has 0 saturated carbocycles. The fourth-order valence-corrected chi connectivity index (χ4v) is 4.20. The summed E-state index contributed by atoms with van der Waals surface area (Å²) in [6, 6.07) is 17.2. The first-order valence-electron chi connectivity index (χ1n) is 11.5. The van der Waals surface area contributed by atoms with Crippen LogP contribution in [0.15, 0.2) is 55.1 Å². The Labute approximate surface area is 222 Å². The number of nitriles is 1. The number of anilines is 1. The van der Waals surface area contributed by atoms with Crippen molar-refractivity contribution < 1.29 is 25.7 Å². The van der Waals surface area contributed by atoms with Crippen molar-refractivity contribution in [1.82, 2.24) is 14.9 Å². The number of piperazine rings is 1. The van der Waals surface area contributed by atoms with Crippen molar-refractivity contribution in [2.24, 2.45) is 0 Å². The van der Waals surface area contributed by atoms with Gasteiger partial charge in [-0.3, -0.25) is 9.78 Å². The van der Waals surface area contributed by atoms with Gasteiger partial charge < -0.3 is 16.7 Å². The maximum absolute atomic E-state index is 13.2. The van der Waals surface area contributed by atoms with Gasteiger partial charge in [0, 0.05) is 19.6 Å². The summed E-state index contributed by atoms with van der Waals surface area (Å²) in [7, 11) is 0. The second kappa shape index (κ2) is 13.6. The average molecular weight is 529 g/mol. The first kappa shape index (κ1) is 28.8. The van der Waals surface area contributed by atoms with E-state index in [-0.39, 0.29) is 22.9 Å². The van der Waals surface area contributed by atoms with Crippen LogP contribution in [0.1, 0.15) is 29.7 Å². The minimum absolute atomic E-state index is 0. The zero-order chi connectivity index (χ0) is 25.4. The maximum Gasteiger partial charge on any atom is 3.00 e. The van der Waals surface area contributed by atoms with Crippen LogP contribution in [0.5, 0.6) is 0 Å². The van der Waals surface area contributed by atoms with E-state index in [1.54, 1.807) is 0 Å². The number of carbonyl (C=O) groups is 1. The van der Waals surface area contributed by atoms with Gasteiger partial charge >= 0.3 is 16.5 Å². The number of fused-ring (bicyclic) bond motifs is 1. The summed E-state index contributed by atoms with van der Waals surface area (Å²) in [6.45, 7) is 14.1. The van der Waals surface area contributed by atoms with Crippen molar-refractivity contribution in [2.75, 3.05) is 24.5 Å². The Morgan fingerprint density at radius 2 is 2.06 bits per heavy atom. The van der Waals surface area contributed by atoms with E-state index >= 15 is 0 Å². The molecule has 3 aromatic rings. The molecule has 1 radical (unpaired) electrons. The number of benzene rings is 2. The molecule has 1 aliphatic rings. The van der Waals surface area contributed by atoms with Crippen LogP contribution in [0.2, 0.25) is 0 Å². The van der Waals surface area contributed by atoms with E-state index in [0.717, 1.165) is 11.4 Å². The Morgan fingerprint density at radius 3 is 2.72 bits per heavy atom. The molecule has 0 N–H and O–H groups in total. The summed E-state index contributed by atoms with van der Waals surface area (Å²) in [5.74, 6) is -1.02. The number of amides is 1. The Morgan fingerprint density at radius 1 is 1.31 bits per heavy atom. The molecule has 36 heavy (non-hydrogen) atoms. The van der Waals surface area contributed by atoms with Crippen molar-refractivity contribution in [2.45, 2.75) is 32.2 Å². The molecule has 0 aliphatic carbocycles. The molecular weight excluding hydrogens is 500 g/mol. The number of hydrogen-bond acceptors (Lipinski definition) is 5. The van der Waals surface area contributed by atoms with Crippen LogP contribution in [0.4, 0.5) is 10.2 Å². The third-order valence-corrected chi connectivity index (χ3v) is 5.95. The van der Waals surface area contributed by atoms with Crippen molar-refractivity contribution in [3.63, 3.8) is 0 Å². The molecule has 2 aromatic carbocycles. The largest absolute Gasteiger partial charge is 3.00 e. The van der Waals surface area contributed by atoms with Gasteiger partial charge in [0.05, 0.1) is 24.3 Å². The van der Waals surface area contributed by atoms with Crippen LogP contribution >= 0.6 is 0 Å². The third kappa shape index (κ3) is 6.83. The van der Waals surface area contributed by atoms with Gasteiger partial charge in [0.1, 0.15) is 6.33 Å². The van der Waals surface area contributed by atoms with Gasteiger partial charge in [0.15, 0.2) is 5.83 Å². The van der Waals surface area contributed by atoms with Gasteiger partial charge in [-0.05, 0) is 0 Å². The number of rotatable bonds is 5. The summed E-state index contributed by atoms with van der Waals surface area (Å²) >= 11 is 0. The zero-order valence-electron chi connectivity index (χ0n) is 20.3. The summed E-state index contributed by atoms with van der Waals surface area (Å²) in [5, 5.41) is 11.5. The Hall–Kier alpha value is -3.43. The first-order valence-corrected chi connectivity index (χ1v) is 11.5. The van der Waals surface area contributed by atoms with Crippen molar-refractivity contribution >= 4 is 22.5 Å². The Bertz CT molecular complexity index is 1240. The number of aryl methyl sites for hydroxylation is 1. The molecule has 8 heteroatoms. The average Bonchev–Trinajstić information content (AvgIpc) is 2.86. The van der Waals surface area contributed by atoms with E-state index < -0.39 is 17.8 Å². The molecule has 0 unspecified atom stereocenters. The molecule has 2 heterocycles. The van der Waals surface area contributed by atoms with Crippen LogP contribution < -0.4 is 4.90 Å². The molecule has 6 nitrogen and oxygen atoms in total. The molecule has 189 valence electrons. The van der Waals surface area contributed by atoms with E-state index in [1.807, 2.05) is 17.0 Å². The van der Waals surface area contributed by atoms with Crippen molar-refractivity contribution in [3.8, 4) is 6.07 Å². The zero-order valence-corrected chi connectivity index (χ0v) is 21.3. The normalized spacial score (nSPS) is 14.8. The SMILES string of the molecule is C=C(F)C(=O)N1CCN(c2ncnc([CH2-])c2CC[CH2-])C[C@@H]1CC#N.Cc1cccc2ccc[c-]c12.[Ni+3]. The fraction of sp³-hybridized carbons (Fsp3) is 0.286. The van der Waals surface area contributed by atoms with Gasteiger partial charge in [-0.15, -0.1) is 58.7 Å². The molecule has 1 aliphatic heterocycles. The minimum Gasteiger partial charge on any atom is -0.367 e. The number of aromatic nitrogens is 2. The van der Waals surface area contributed by atoms with Crippen LogP contribution in [0.25, 0.3) is 10.8 Å². The topological polar surface area (TPSA) is 73.1 Å². The van der Waals surface area contributed by atoms with Crippen LogP contribution in [-0.2, 0) is 27.7 Å². The van der Waals surface area contributed by atoms with Gasteiger partial charge in [0.25, 0.3) is 5.91 Å². The third-order valence-electron chi connectivity index (χ3n) is 5.95. The van der Waals surface area contributed by atoms with Crippen molar-refractivity contribution in [1.29, 1.82) is 5.26 Å². The molecule has 0 bridgehead atoms. The molecule has 1 amide bonds. The predicted octanol–water partition coefficient (Wildman–Crippen LogP) is 4.79. The smallest absolute Gasteiger partial charge is 0.367 e. The fourth-order valence-electron chi connectivity index (χ4n) is 4.20. The molecule has 1 aromatic heterocycles. The molecule has 4 rings (SSSR count). The molecule has 1 atom stereocenters. The van der Waals surface area contributed by atoms with Crippen LogP contribution in [0, 0.1) is 38.2 Å². The maximum atomic E-state index is 13.2. The predicted molar refractivity (Wildman–Crippen MR) is 136 cm³/mol. The van der Waals surface area contributed by atoms with Crippen LogP contribution in [0.3, 0.4) is 0 Å². The van der Waals surface area contributed by atoms with Gasteiger partial charge in [0.2, 0.25) is 0 Å². The minimum atomic E-state index is -1.01. The second-order valence-corrected chi connectivity index (χ2v) is 8.30. The number of halogens is 1. The van der Waals surface area contributed by atoms with E-state index in [2.05, 4.69) is 73.7 Å². The monoisotopic (exact) mass is 528 g/mol. The van der Waals surface area contributed by atoms with E-state index in [1.165, 1.54) is 27.6 Å². The molecule has 1 saturated heterocycles. The standard InChI is InChI=1S/C17H20FN5O.C11H9.Ni/c1-4-5-15-13(3)20-11-21-16(15)22-8-9-23(17(24)12(2)18)14(10-22)6-7-19;1-9-5-4-7-10-6-2-3-8-11(9)10;/h11,14H,1-6,8-10H2;2-7H,1H3;/q-2;-1;+3/t14-;;/m0../s1. The number of nitrogens with zero attached hydrogens (tertiary/aromatic N) is 5. The van der Waals surface area contributed by atoms with E-state index in [9.17, 15) is 9.18 Å². The molecular formula is C28H29FN5NiO. The Kier molecular flexibility index (Phi) is 10.9. The molecule has 1 fully saturated rings.